The van der Waals surface area contributed by atoms with E-state index in [4.69, 9.17) is 0 Å². The van der Waals surface area contributed by atoms with E-state index in [9.17, 15) is 0 Å². The molecule has 0 unspecified atom stereocenters. The fourth-order valence-electron chi connectivity index (χ4n) is 2.44. The van der Waals surface area contributed by atoms with Gasteiger partial charge >= 0.3 is 0 Å². The van der Waals surface area contributed by atoms with Crippen molar-refractivity contribution in [2.45, 2.75) is 38.9 Å². The molecule has 0 atom stereocenters. The predicted octanol–water partition coefficient (Wildman–Crippen LogP) is 3.74. The molecule has 1 aliphatic carbocycles. The maximum Gasteiger partial charge on any atom is 0.0564 e. The average molecular weight is 287 g/mol. The first-order valence-electron chi connectivity index (χ1n) is 7.30. The molecule has 0 saturated heterocycles. The van der Waals surface area contributed by atoms with Gasteiger partial charge in [0.1, 0.15) is 0 Å². The maximum atomic E-state index is 4.52. The Bertz CT molecular complexity index is 534. The summed E-state index contributed by atoms with van der Waals surface area (Å²) in [4.78, 5) is 8.53. The highest BCUT2D eigenvalue weighted by Crippen LogP contribution is 2.30. The number of nitrogens with one attached hydrogen (secondary N) is 1. The molecule has 1 saturated carbocycles. The van der Waals surface area contributed by atoms with Gasteiger partial charge in [0.25, 0.3) is 0 Å². The van der Waals surface area contributed by atoms with Crippen LogP contribution >= 0.6 is 11.3 Å². The lowest BCUT2D eigenvalue weighted by molar-refractivity contribution is 0.245. The zero-order valence-electron chi connectivity index (χ0n) is 11.9. The van der Waals surface area contributed by atoms with Gasteiger partial charge < -0.3 is 5.32 Å². The second kappa shape index (κ2) is 6.37. The molecule has 2 aromatic heterocycles. The molecule has 0 bridgehead atoms. The van der Waals surface area contributed by atoms with Crippen molar-refractivity contribution in [3.63, 3.8) is 0 Å². The van der Waals surface area contributed by atoms with Gasteiger partial charge in [-0.05, 0) is 43.3 Å². The second-order valence-corrected chi connectivity index (χ2v) is 6.31. The van der Waals surface area contributed by atoms with Crippen molar-refractivity contribution in [1.29, 1.82) is 0 Å². The quantitative estimate of drug-likeness (QED) is 0.841. The van der Waals surface area contributed by atoms with Crippen LogP contribution in [0, 0.1) is 0 Å². The molecule has 3 rings (SSSR count). The summed E-state index contributed by atoms with van der Waals surface area (Å²) in [6.45, 7) is 5.07. The van der Waals surface area contributed by atoms with Crippen molar-refractivity contribution in [2.75, 3.05) is 11.9 Å². The number of anilines is 1. The SMILES string of the molecule is CCNc1ccnc(CN(Cc2cccs2)C2CC2)c1. The van der Waals surface area contributed by atoms with Crippen LogP contribution in [-0.2, 0) is 13.1 Å². The molecule has 0 aliphatic heterocycles. The first kappa shape index (κ1) is 13.6. The Morgan fingerprint density at radius 3 is 2.95 bits per heavy atom. The summed E-state index contributed by atoms with van der Waals surface area (Å²) in [5, 5.41) is 5.51. The Kier molecular flexibility index (Phi) is 4.33. The molecule has 0 radical (unpaired) electrons. The van der Waals surface area contributed by atoms with Gasteiger partial charge in [0.05, 0.1) is 5.69 Å². The van der Waals surface area contributed by atoms with Crippen molar-refractivity contribution in [3.05, 3.63) is 46.4 Å². The van der Waals surface area contributed by atoms with Gasteiger partial charge in [-0.1, -0.05) is 6.07 Å². The third-order valence-corrected chi connectivity index (χ3v) is 4.43. The minimum absolute atomic E-state index is 0.752. The normalized spacial score (nSPS) is 14.7. The Hall–Kier alpha value is -1.39. The first-order valence-corrected chi connectivity index (χ1v) is 8.18. The molecule has 0 spiro atoms. The van der Waals surface area contributed by atoms with Crippen LogP contribution in [0.3, 0.4) is 0 Å². The highest BCUT2D eigenvalue weighted by molar-refractivity contribution is 7.09. The van der Waals surface area contributed by atoms with Crippen LogP contribution in [0.4, 0.5) is 5.69 Å². The molecule has 20 heavy (non-hydrogen) atoms. The third kappa shape index (κ3) is 3.58. The van der Waals surface area contributed by atoms with Crippen LogP contribution < -0.4 is 5.32 Å². The number of hydrogen-bond acceptors (Lipinski definition) is 4. The second-order valence-electron chi connectivity index (χ2n) is 5.28. The molecule has 1 N–H and O–H groups in total. The van der Waals surface area contributed by atoms with E-state index in [0.717, 1.165) is 31.4 Å². The maximum absolute atomic E-state index is 4.52. The molecular weight excluding hydrogens is 266 g/mol. The van der Waals surface area contributed by atoms with Crippen LogP contribution in [0.15, 0.2) is 35.8 Å². The minimum Gasteiger partial charge on any atom is -0.385 e. The highest BCUT2D eigenvalue weighted by atomic mass is 32.1. The topological polar surface area (TPSA) is 28.2 Å². The Morgan fingerprint density at radius 2 is 2.25 bits per heavy atom. The molecule has 106 valence electrons. The monoisotopic (exact) mass is 287 g/mol. The fourth-order valence-corrected chi connectivity index (χ4v) is 3.17. The summed E-state index contributed by atoms with van der Waals surface area (Å²) in [5.74, 6) is 0. The lowest BCUT2D eigenvalue weighted by Gasteiger charge is -2.21. The Balaban J connectivity index is 1.68. The van der Waals surface area contributed by atoms with E-state index in [2.05, 4.69) is 45.7 Å². The van der Waals surface area contributed by atoms with Gasteiger partial charge in [-0.2, -0.15) is 0 Å². The summed E-state index contributed by atoms with van der Waals surface area (Å²) in [6.07, 6.45) is 4.57. The van der Waals surface area contributed by atoms with Gasteiger partial charge in [0.2, 0.25) is 0 Å². The number of aromatic nitrogens is 1. The van der Waals surface area contributed by atoms with E-state index in [1.165, 1.54) is 23.4 Å². The van der Waals surface area contributed by atoms with Crippen molar-refractivity contribution >= 4 is 17.0 Å². The number of thiophene rings is 1. The smallest absolute Gasteiger partial charge is 0.0564 e. The van der Waals surface area contributed by atoms with Crippen LogP contribution in [0.2, 0.25) is 0 Å². The van der Waals surface area contributed by atoms with E-state index >= 15 is 0 Å². The molecule has 2 heterocycles. The van der Waals surface area contributed by atoms with Crippen LogP contribution in [-0.4, -0.2) is 22.5 Å². The molecule has 2 aromatic rings. The Morgan fingerprint density at radius 1 is 1.35 bits per heavy atom. The zero-order valence-corrected chi connectivity index (χ0v) is 12.7. The first-order chi connectivity index (χ1) is 9.85. The summed E-state index contributed by atoms with van der Waals surface area (Å²) >= 11 is 1.84. The number of rotatable bonds is 7. The van der Waals surface area contributed by atoms with Crippen LogP contribution in [0.25, 0.3) is 0 Å². The average Bonchev–Trinajstić information content (AvgIpc) is 3.18. The van der Waals surface area contributed by atoms with Crippen molar-refractivity contribution in [3.8, 4) is 0 Å². The lowest BCUT2D eigenvalue weighted by atomic mass is 10.2. The van der Waals surface area contributed by atoms with Gasteiger partial charge in [-0.25, -0.2) is 0 Å². The van der Waals surface area contributed by atoms with E-state index in [0.29, 0.717) is 0 Å². The summed E-state index contributed by atoms with van der Waals surface area (Å²) < 4.78 is 0. The van der Waals surface area contributed by atoms with Crippen LogP contribution in [0.5, 0.6) is 0 Å². The highest BCUT2D eigenvalue weighted by Gasteiger charge is 2.29. The summed E-state index contributed by atoms with van der Waals surface area (Å²) in [6, 6.07) is 9.32. The zero-order chi connectivity index (χ0) is 13.8. The molecule has 1 aliphatic rings. The van der Waals surface area contributed by atoms with Crippen molar-refractivity contribution in [2.24, 2.45) is 0 Å². The molecular formula is C16H21N3S. The molecule has 3 nitrogen and oxygen atoms in total. The van der Waals surface area contributed by atoms with E-state index < -0.39 is 0 Å². The number of pyridine rings is 1. The largest absolute Gasteiger partial charge is 0.385 e. The van der Waals surface area contributed by atoms with Crippen molar-refractivity contribution < 1.29 is 0 Å². The third-order valence-electron chi connectivity index (χ3n) is 3.56. The predicted molar refractivity (Wildman–Crippen MR) is 85.0 cm³/mol. The summed E-state index contributed by atoms with van der Waals surface area (Å²) in [5.41, 5.74) is 2.33. The summed E-state index contributed by atoms with van der Waals surface area (Å²) in [7, 11) is 0. The van der Waals surface area contributed by atoms with Crippen LogP contribution in [0.1, 0.15) is 30.3 Å². The van der Waals surface area contributed by atoms with Crippen molar-refractivity contribution in [1.82, 2.24) is 9.88 Å². The van der Waals surface area contributed by atoms with E-state index in [-0.39, 0.29) is 0 Å². The lowest BCUT2D eigenvalue weighted by Crippen LogP contribution is -2.25. The van der Waals surface area contributed by atoms with E-state index in [1.807, 2.05) is 23.6 Å². The Labute approximate surface area is 124 Å². The van der Waals surface area contributed by atoms with Gasteiger partial charge in [-0.15, -0.1) is 11.3 Å². The van der Waals surface area contributed by atoms with Gasteiger partial charge in [0.15, 0.2) is 0 Å². The van der Waals surface area contributed by atoms with Gasteiger partial charge in [-0.3, -0.25) is 9.88 Å². The molecule has 4 heteroatoms. The van der Waals surface area contributed by atoms with Gasteiger partial charge in [0, 0.05) is 42.4 Å². The fraction of sp³-hybridized carbons (Fsp3) is 0.438. The number of hydrogen-bond donors (Lipinski definition) is 1. The van der Waals surface area contributed by atoms with E-state index in [1.54, 1.807) is 0 Å². The molecule has 0 amide bonds. The minimum atomic E-state index is 0.752. The number of nitrogens with zero attached hydrogens (tertiary/aromatic N) is 2. The molecule has 0 aromatic carbocycles. The molecule has 1 fully saturated rings. The standard InChI is InChI=1S/C16H21N3S/c1-2-17-13-7-8-18-14(10-13)11-19(15-5-6-15)12-16-4-3-9-20-16/h3-4,7-10,15H,2,5-6,11-12H2,1H3,(H,17,18).